The molecule has 1 aromatic rings. The van der Waals surface area contributed by atoms with Gasteiger partial charge in [-0.05, 0) is 43.4 Å². The SMILES string of the molecule is NCC1CCCC1CNC(=O)c1cccc(F)c1F. The predicted molar refractivity (Wildman–Crippen MR) is 68.6 cm³/mol. The number of amides is 1. The molecule has 3 nitrogen and oxygen atoms in total. The molecule has 1 amide bonds. The van der Waals surface area contributed by atoms with Crippen LogP contribution >= 0.6 is 0 Å². The third-order valence-corrected chi connectivity index (χ3v) is 3.84. The van der Waals surface area contributed by atoms with Crippen molar-refractivity contribution in [2.24, 2.45) is 17.6 Å². The van der Waals surface area contributed by atoms with Gasteiger partial charge < -0.3 is 11.1 Å². The van der Waals surface area contributed by atoms with E-state index in [9.17, 15) is 13.6 Å². The first-order chi connectivity index (χ1) is 9.13. The maximum Gasteiger partial charge on any atom is 0.254 e. The largest absolute Gasteiger partial charge is 0.352 e. The highest BCUT2D eigenvalue weighted by Gasteiger charge is 2.26. The number of carbonyl (C=O) groups excluding carboxylic acids is 1. The Morgan fingerprint density at radius 2 is 2.05 bits per heavy atom. The van der Waals surface area contributed by atoms with E-state index in [0.717, 1.165) is 25.3 Å². The molecule has 2 atom stereocenters. The van der Waals surface area contributed by atoms with Crippen molar-refractivity contribution in [3.63, 3.8) is 0 Å². The maximum atomic E-state index is 13.4. The molecule has 0 spiro atoms. The van der Waals surface area contributed by atoms with Gasteiger partial charge in [-0.25, -0.2) is 8.78 Å². The smallest absolute Gasteiger partial charge is 0.254 e. The van der Waals surface area contributed by atoms with Gasteiger partial charge in [-0.3, -0.25) is 4.79 Å². The summed E-state index contributed by atoms with van der Waals surface area (Å²) in [4.78, 5) is 11.8. The molecule has 1 aliphatic rings. The van der Waals surface area contributed by atoms with Crippen molar-refractivity contribution in [1.29, 1.82) is 0 Å². The standard InChI is InChI=1S/C14H18F2N2O/c15-12-6-2-5-11(13(12)16)14(19)18-8-10-4-1-3-9(10)7-17/h2,5-6,9-10H,1,3-4,7-8,17H2,(H,18,19). The number of hydrogen-bond donors (Lipinski definition) is 2. The van der Waals surface area contributed by atoms with Gasteiger partial charge in [0.15, 0.2) is 11.6 Å². The fraction of sp³-hybridized carbons (Fsp3) is 0.500. The van der Waals surface area contributed by atoms with Crippen LogP contribution in [0.15, 0.2) is 18.2 Å². The molecule has 0 aliphatic heterocycles. The summed E-state index contributed by atoms with van der Waals surface area (Å²) < 4.78 is 26.5. The highest BCUT2D eigenvalue weighted by molar-refractivity contribution is 5.94. The maximum absolute atomic E-state index is 13.4. The Morgan fingerprint density at radius 3 is 2.79 bits per heavy atom. The minimum absolute atomic E-state index is 0.248. The lowest BCUT2D eigenvalue weighted by Crippen LogP contribution is -2.33. The Bertz CT molecular complexity index is 465. The fourth-order valence-electron chi connectivity index (χ4n) is 2.69. The fourth-order valence-corrected chi connectivity index (χ4v) is 2.69. The van der Waals surface area contributed by atoms with Gasteiger partial charge in [0.1, 0.15) is 0 Å². The van der Waals surface area contributed by atoms with E-state index >= 15 is 0 Å². The van der Waals surface area contributed by atoms with Crippen LogP contribution in [0.4, 0.5) is 8.78 Å². The first-order valence-electron chi connectivity index (χ1n) is 6.55. The summed E-state index contributed by atoms with van der Waals surface area (Å²) in [5.74, 6) is -1.92. The van der Waals surface area contributed by atoms with Crippen LogP contribution in [0.25, 0.3) is 0 Å². The van der Waals surface area contributed by atoms with E-state index in [-0.39, 0.29) is 5.56 Å². The van der Waals surface area contributed by atoms with Crippen LogP contribution in [0.5, 0.6) is 0 Å². The molecule has 2 rings (SSSR count). The molecular formula is C14H18F2N2O. The molecule has 1 aliphatic carbocycles. The summed E-state index contributed by atoms with van der Waals surface area (Å²) in [6, 6.07) is 3.60. The summed E-state index contributed by atoms with van der Waals surface area (Å²) in [7, 11) is 0. The van der Waals surface area contributed by atoms with E-state index in [1.165, 1.54) is 12.1 Å². The number of halogens is 2. The van der Waals surface area contributed by atoms with E-state index in [4.69, 9.17) is 5.73 Å². The van der Waals surface area contributed by atoms with Gasteiger partial charge in [-0.15, -0.1) is 0 Å². The van der Waals surface area contributed by atoms with Crippen LogP contribution in [0.3, 0.4) is 0 Å². The normalized spacial score (nSPS) is 22.5. The molecule has 0 aromatic heterocycles. The number of hydrogen-bond acceptors (Lipinski definition) is 2. The van der Waals surface area contributed by atoms with Gasteiger partial charge in [-0.1, -0.05) is 12.5 Å². The van der Waals surface area contributed by atoms with Crippen molar-refractivity contribution in [3.05, 3.63) is 35.4 Å². The summed E-state index contributed by atoms with van der Waals surface area (Å²) >= 11 is 0. The summed E-state index contributed by atoms with van der Waals surface area (Å²) in [6.07, 6.45) is 3.20. The van der Waals surface area contributed by atoms with Crippen LogP contribution in [-0.4, -0.2) is 19.0 Å². The number of nitrogens with two attached hydrogens (primary N) is 1. The van der Waals surface area contributed by atoms with Crippen LogP contribution in [0, 0.1) is 23.5 Å². The first-order valence-corrected chi connectivity index (χ1v) is 6.55. The Labute approximate surface area is 111 Å². The molecule has 1 saturated carbocycles. The number of carbonyl (C=O) groups is 1. The Hall–Kier alpha value is -1.49. The Kier molecular flexibility index (Phi) is 4.47. The Balaban J connectivity index is 1.96. The second-order valence-electron chi connectivity index (χ2n) is 5.00. The molecule has 3 N–H and O–H groups in total. The predicted octanol–water partition coefficient (Wildman–Crippen LogP) is 2.07. The van der Waals surface area contributed by atoms with Crippen molar-refractivity contribution in [2.75, 3.05) is 13.1 Å². The molecule has 0 radical (unpaired) electrons. The highest BCUT2D eigenvalue weighted by Crippen LogP contribution is 2.30. The minimum atomic E-state index is -1.10. The second kappa shape index (κ2) is 6.10. The van der Waals surface area contributed by atoms with Gasteiger partial charge in [0.05, 0.1) is 5.56 Å². The van der Waals surface area contributed by atoms with E-state index < -0.39 is 17.5 Å². The molecule has 5 heteroatoms. The molecule has 0 heterocycles. The first kappa shape index (κ1) is 13.9. The molecule has 0 saturated heterocycles. The topological polar surface area (TPSA) is 55.1 Å². The van der Waals surface area contributed by atoms with Crippen molar-refractivity contribution in [1.82, 2.24) is 5.32 Å². The average molecular weight is 268 g/mol. The third kappa shape index (κ3) is 3.10. The monoisotopic (exact) mass is 268 g/mol. The number of benzene rings is 1. The lowest BCUT2D eigenvalue weighted by Gasteiger charge is -2.18. The third-order valence-electron chi connectivity index (χ3n) is 3.84. The lowest BCUT2D eigenvalue weighted by atomic mass is 9.96. The molecule has 19 heavy (non-hydrogen) atoms. The number of nitrogens with one attached hydrogen (secondary N) is 1. The van der Waals surface area contributed by atoms with Crippen LogP contribution in [0.1, 0.15) is 29.6 Å². The second-order valence-corrected chi connectivity index (χ2v) is 5.00. The molecule has 0 bridgehead atoms. The van der Waals surface area contributed by atoms with Gasteiger partial charge >= 0.3 is 0 Å². The van der Waals surface area contributed by atoms with Crippen LogP contribution in [0.2, 0.25) is 0 Å². The van der Waals surface area contributed by atoms with E-state index in [0.29, 0.717) is 24.9 Å². The van der Waals surface area contributed by atoms with E-state index in [1.54, 1.807) is 0 Å². The zero-order chi connectivity index (χ0) is 13.8. The molecule has 1 aromatic carbocycles. The van der Waals surface area contributed by atoms with Crippen molar-refractivity contribution in [2.45, 2.75) is 19.3 Å². The summed E-state index contributed by atoms with van der Waals surface area (Å²) in [6.45, 7) is 1.07. The van der Waals surface area contributed by atoms with E-state index in [2.05, 4.69) is 5.32 Å². The average Bonchev–Trinajstić information content (AvgIpc) is 2.86. The van der Waals surface area contributed by atoms with Gasteiger partial charge in [0.25, 0.3) is 5.91 Å². The van der Waals surface area contributed by atoms with Crippen molar-refractivity contribution >= 4 is 5.91 Å². The molecule has 104 valence electrons. The Morgan fingerprint density at radius 1 is 1.32 bits per heavy atom. The summed E-state index contributed by atoms with van der Waals surface area (Å²) in [5.41, 5.74) is 5.42. The quantitative estimate of drug-likeness (QED) is 0.878. The minimum Gasteiger partial charge on any atom is -0.352 e. The van der Waals surface area contributed by atoms with Crippen LogP contribution < -0.4 is 11.1 Å². The van der Waals surface area contributed by atoms with Crippen molar-refractivity contribution in [3.8, 4) is 0 Å². The number of rotatable bonds is 4. The molecule has 1 fully saturated rings. The zero-order valence-electron chi connectivity index (χ0n) is 10.7. The summed E-state index contributed by atoms with van der Waals surface area (Å²) in [5, 5.41) is 2.67. The molecule has 2 unspecified atom stereocenters. The zero-order valence-corrected chi connectivity index (χ0v) is 10.7. The lowest BCUT2D eigenvalue weighted by molar-refractivity contribution is 0.0939. The molecular weight excluding hydrogens is 250 g/mol. The highest BCUT2D eigenvalue weighted by atomic mass is 19.2. The van der Waals surface area contributed by atoms with Gasteiger partial charge in [0.2, 0.25) is 0 Å². The van der Waals surface area contributed by atoms with E-state index in [1.807, 2.05) is 0 Å². The van der Waals surface area contributed by atoms with Gasteiger partial charge in [-0.2, -0.15) is 0 Å². The van der Waals surface area contributed by atoms with Gasteiger partial charge in [0, 0.05) is 6.54 Å². The van der Waals surface area contributed by atoms with Crippen molar-refractivity contribution < 1.29 is 13.6 Å². The van der Waals surface area contributed by atoms with Crippen LogP contribution in [-0.2, 0) is 0 Å².